The maximum Gasteiger partial charge on any atom is 0.262 e. The van der Waals surface area contributed by atoms with Crippen LogP contribution in [0.25, 0.3) is 10.2 Å². The van der Waals surface area contributed by atoms with Crippen molar-refractivity contribution >= 4 is 33.1 Å². The number of amides is 1. The van der Waals surface area contributed by atoms with Crippen molar-refractivity contribution in [3.05, 3.63) is 81.2 Å². The van der Waals surface area contributed by atoms with E-state index in [0.29, 0.717) is 27.4 Å². The summed E-state index contributed by atoms with van der Waals surface area (Å²) in [4.78, 5) is 31.6. The van der Waals surface area contributed by atoms with Gasteiger partial charge in [-0.2, -0.15) is 0 Å². The molecule has 6 nitrogen and oxygen atoms in total. The van der Waals surface area contributed by atoms with Crippen LogP contribution in [0.2, 0.25) is 0 Å². The first-order valence-corrected chi connectivity index (χ1v) is 10.3. The topological polar surface area (TPSA) is 73.2 Å². The standard InChI is InChI=1S/C23H21N3O3S/c1-14-8-10-17(11-9-14)29-19-7-5-4-6-18(19)25-20(27)12-26-13-24-22-21(23(26)28)15(2)16(3)30-22/h4-11,13H,12H2,1-3H3,(H,25,27). The molecule has 0 radical (unpaired) electrons. The number of carbonyl (C=O) groups excluding carboxylic acids is 1. The average molecular weight is 420 g/mol. The molecule has 2 heterocycles. The molecule has 0 fully saturated rings. The number of ether oxygens (including phenoxy) is 1. The predicted molar refractivity (Wildman–Crippen MR) is 120 cm³/mol. The highest BCUT2D eigenvalue weighted by Gasteiger charge is 2.15. The molecule has 0 bridgehead atoms. The number of rotatable bonds is 5. The number of para-hydroxylation sites is 2. The predicted octanol–water partition coefficient (Wildman–Crippen LogP) is 4.81. The summed E-state index contributed by atoms with van der Waals surface area (Å²) in [5.74, 6) is 0.874. The van der Waals surface area contributed by atoms with Gasteiger partial charge in [0.1, 0.15) is 17.1 Å². The fourth-order valence-electron chi connectivity index (χ4n) is 3.12. The Hall–Kier alpha value is -3.45. The molecule has 1 amide bonds. The van der Waals surface area contributed by atoms with E-state index >= 15 is 0 Å². The molecule has 30 heavy (non-hydrogen) atoms. The minimum absolute atomic E-state index is 0.130. The van der Waals surface area contributed by atoms with Crippen molar-refractivity contribution in [3.63, 3.8) is 0 Å². The molecule has 152 valence electrons. The number of anilines is 1. The first kappa shape index (κ1) is 19.8. The Bertz CT molecular complexity index is 1290. The molecule has 0 aliphatic carbocycles. The van der Waals surface area contributed by atoms with Gasteiger partial charge >= 0.3 is 0 Å². The largest absolute Gasteiger partial charge is 0.455 e. The molecular formula is C23H21N3O3S. The summed E-state index contributed by atoms with van der Waals surface area (Å²) in [6.07, 6.45) is 1.42. The van der Waals surface area contributed by atoms with Crippen LogP contribution in [0.4, 0.5) is 5.69 Å². The maximum atomic E-state index is 12.8. The van der Waals surface area contributed by atoms with Gasteiger partial charge in [0, 0.05) is 4.88 Å². The third-order valence-corrected chi connectivity index (χ3v) is 5.99. The molecule has 2 aromatic heterocycles. The molecule has 4 rings (SSSR count). The van der Waals surface area contributed by atoms with Crippen LogP contribution in [0.3, 0.4) is 0 Å². The quantitative estimate of drug-likeness (QED) is 0.504. The van der Waals surface area contributed by atoms with Gasteiger partial charge in [0.2, 0.25) is 5.91 Å². The van der Waals surface area contributed by atoms with Crippen molar-refractivity contribution in [1.82, 2.24) is 9.55 Å². The molecule has 2 aromatic carbocycles. The van der Waals surface area contributed by atoms with Crippen molar-refractivity contribution in [2.45, 2.75) is 27.3 Å². The Morgan fingerprint density at radius 2 is 1.83 bits per heavy atom. The third kappa shape index (κ3) is 3.97. The first-order chi connectivity index (χ1) is 14.4. The van der Waals surface area contributed by atoms with Crippen molar-refractivity contribution < 1.29 is 9.53 Å². The number of hydrogen-bond acceptors (Lipinski definition) is 5. The second-order valence-electron chi connectivity index (χ2n) is 7.10. The van der Waals surface area contributed by atoms with E-state index in [9.17, 15) is 9.59 Å². The Labute approximate surface area is 177 Å². The molecular weight excluding hydrogens is 398 g/mol. The Kier molecular flexibility index (Phi) is 5.37. The number of benzene rings is 2. The molecule has 1 N–H and O–H groups in total. The lowest BCUT2D eigenvalue weighted by molar-refractivity contribution is -0.116. The molecule has 7 heteroatoms. The highest BCUT2D eigenvalue weighted by atomic mass is 32.1. The average Bonchev–Trinajstić information content (AvgIpc) is 3.02. The van der Waals surface area contributed by atoms with Gasteiger partial charge in [-0.05, 0) is 50.6 Å². The first-order valence-electron chi connectivity index (χ1n) is 9.51. The molecule has 0 aliphatic rings. The fraction of sp³-hybridized carbons (Fsp3) is 0.174. The second-order valence-corrected chi connectivity index (χ2v) is 8.30. The van der Waals surface area contributed by atoms with E-state index in [1.165, 1.54) is 22.2 Å². The minimum atomic E-state index is -0.331. The lowest BCUT2D eigenvalue weighted by Gasteiger charge is -2.13. The summed E-state index contributed by atoms with van der Waals surface area (Å²) < 4.78 is 7.25. The van der Waals surface area contributed by atoms with E-state index in [-0.39, 0.29) is 18.0 Å². The number of fused-ring (bicyclic) bond motifs is 1. The number of hydrogen-bond donors (Lipinski definition) is 1. The Balaban J connectivity index is 1.54. The van der Waals surface area contributed by atoms with Crippen LogP contribution in [0, 0.1) is 20.8 Å². The van der Waals surface area contributed by atoms with Gasteiger partial charge < -0.3 is 10.1 Å². The van der Waals surface area contributed by atoms with Crippen molar-refractivity contribution in [2.24, 2.45) is 0 Å². The number of aryl methyl sites for hydroxylation is 3. The van der Waals surface area contributed by atoms with Crippen molar-refractivity contribution in [1.29, 1.82) is 0 Å². The smallest absolute Gasteiger partial charge is 0.262 e. The van der Waals surface area contributed by atoms with Gasteiger partial charge in [-0.3, -0.25) is 14.2 Å². The monoisotopic (exact) mass is 419 g/mol. The lowest BCUT2D eigenvalue weighted by atomic mass is 10.2. The van der Waals surface area contributed by atoms with Gasteiger partial charge in [-0.1, -0.05) is 29.8 Å². The van der Waals surface area contributed by atoms with Gasteiger partial charge in [0.25, 0.3) is 5.56 Å². The number of nitrogens with zero attached hydrogens (tertiary/aromatic N) is 2. The zero-order valence-corrected chi connectivity index (χ0v) is 17.7. The normalized spacial score (nSPS) is 10.9. The maximum absolute atomic E-state index is 12.8. The molecule has 0 saturated heterocycles. The van der Waals surface area contributed by atoms with Crippen LogP contribution >= 0.6 is 11.3 Å². The minimum Gasteiger partial charge on any atom is -0.455 e. The van der Waals surface area contributed by atoms with E-state index in [1.54, 1.807) is 12.1 Å². The van der Waals surface area contributed by atoms with Crippen LogP contribution in [0.5, 0.6) is 11.5 Å². The number of nitrogens with one attached hydrogen (secondary N) is 1. The zero-order chi connectivity index (χ0) is 21.3. The Morgan fingerprint density at radius 1 is 1.10 bits per heavy atom. The SMILES string of the molecule is Cc1ccc(Oc2ccccc2NC(=O)Cn2cnc3sc(C)c(C)c3c2=O)cc1. The summed E-state index contributed by atoms with van der Waals surface area (Å²) in [5, 5.41) is 3.42. The molecule has 0 aliphatic heterocycles. The summed E-state index contributed by atoms with van der Waals surface area (Å²) >= 11 is 1.49. The molecule has 0 atom stereocenters. The number of aromatic nitrogens is 2. The van der Waals surface area contributed by atoms with Gasteiger partial charge in [-0.15, -0.1) is 11.3 Å². The summed E-state index contributed by atoms with van der Waals surface area (Å²) in [6.45, 7) is 5.74. The molecule has 0 saturated carbocycles. The van der Waals surface area contributed by atoms with E-state index in [0.717, 1.165) is 16.0 Å². The van der Waals surface area contributed by atoms with Crippen molar-refractivity contribution in [2.75, 3.05) is 5.32 Å². The van der Waals surface area contributed by atoms with Crippen LogP contribution < -0.4 is 15.6 Å². The van der Waals surface area contributed by atoms with Crippen LogP contribution in [0.15, 0.2) is 59.7 Å². The molecule has 0 spiro atoms. The number of carbonyl (C=O) groups is 1. The van der Waals surface area contributed by atoms with Gasteiger partial charge in [-0.25, -0.2) is 4.98 Å². The van der Waals surface area contributed by atoms with E-state index < -0.39 is 0 Å². The Morgan fingerprint density at radius 3 is 2.60 bits per heavy atom. The highest BCUT2D eigenvalue weighted by molar-refractivity contribution is 7.18. The fourth-order valence-corrected chi connectivity index (χ4v) is 4.11. The summed E-state index contributed by atoms with van der Waals surface area (Å²) in [5.41, 5.74) is 2.38. The van der Waals surface area contributed by atoms with Gasteiger partial charge in [0.05, 0.1) is 17.4 Å². The highest BCUT2D eigenvalue weighted by Crippen LogP contribution is 2.29. The van der Waals surface area contributed by atoms with Gasteiger partial charge in [0.15, 0.2) is 5.75 Å². The van der Waals surface area contributed by atoms with Crippen LogP contribution in [-0.2, 0) is 11.3 Å². The molecule has 0 unspecified atom stereocenters. The summed E-state index contributed by atoms with van der Waals surface area (Å²) in [7, 11) is 0. The van der Waals surface area contributed by atoms with E-state index in [1.807, 2.05) is 57.2 Å². The molecule has 4 aromatic rings. The zero-order valence-electron chi connectivity index (χ0n) is 16.9. The van der Waals surface area contributed by atoms with E-state index in [2.05, 4.69) is 10.3 Å². The van der Waals surface area contributed by atoms with E-state index in [4.69, 9.17) is 4.74 Å². The summed E-state index contributed by atoms with van der Waals surface area (Å²) in [6, 6.07) is 14.9. The van der Waals surface area contributed by atoms with Crippen LogP contribution in [0.1, 0.15) is 16.0 Å². The lowest BCUT2D eigenvalue weighted by Crippen LogP contribution is -2.28. The van der Waals surface area contributed by atoms with Crippen molar-refractivity contribution in [3.8, 4) is 11.5 Å². The van der Waals surface area contributed by atoms with Crippen LogP contribution in [-0.4, -0.2) is 15.5 Å². The third-order valence-electron chi connectivity index (χ3n) is 4.88. The second kappa shape index (κ2) is 8.12. The number of thiophene rings is 1.